The summed E-state index contributed by atoms with van der Waals surface area (Å²) in [4.78, 5) is 11.7. The van der Waals surface area contributed by atoms with Crippen LogP contribution in [0.25, 0.3) is 5.70 Å². The van der Waals surface area contributed by atoms with Gasteiger partial charge >= 0.3 is 0 Å². The van der Waals surface area contributed by atoms with Crippen LogP contribution in [0.1, 0.15) is 38.7 Å². The van der Waals surface area contributed by atoms with Crippen LogP contribution in [0.5, 0.6) is 0 Å². The summed E-state index contributed by atoms with van der Waals surface area (Å²) in [6, 6.07) is 9.87. The molecule has 5 N–H and O–H groups in total. The number of amides is 1. The van der Waals surface area contributed by atoms with Crippen molar-refractivity contribution in [1.82, 2.24) is 16.0 Å². The molecule has 1 unspecified atom stereocenters. The van der Waals surface area contributed by atoms with Gasteiger partial charge in [-0.25, -0.2) is 0 Å². The number of nitrogens with one attached hydrogen (secondary N) is 3. The van der Waals surface area contributed by atoms with E-state index in [1.807, 2.05) is 38.2 Å². The zero-order valence-corrected chi connectivity index (χ0v) is 14.0. The summed E-state index contributed by atoms with van der Waals surface area (Å²) in [7, 11) is 0. The van der Waals surface area contributed by atoms with Gasteiger partial charge in [-0.2, -0.15) is 0 Å². The lowest BCUT2D eigenvalue weighted by atomic mass is 10.1. The standard InChI is InChI=1S/C18H28N4O/c1-13(2)17(19)18(23)20-11-7-6-10-16-21-12-15(22-16)14-8-4-3-5-9-14/h3-5,8-9,12-13,16-17,21-22H,6-7,10-11,19H2,1-2H3,(H,20,23)/t16?,17-/m0/s1. The van der Waals surface area contributed by atoms with Gasteiger partial charge in [-0.3, -0.25) is 4.79 Å². The van der Waals surface area contributed by atoms with Crippen LogP contribution >= 0.6 is 0 Å². The molecule has 0 saturated carbocycles. The number of unbranched alkanes of at least 4 members (excludes halogenated alkanes) is 1. The number of rotatable bonds is 8. The third kappa shape index (κ3) is 5.28. The maximum atomic E-state index is 11.7. The monoisotopic (exact) mass is 316 g/mol. The Bertz CT molecular complexity index is 527. The van der Waals surface area contributed by atoms with E-state index in [4.69, 9.17) is 5.73 Å². The molecule has 0 saturated heterocycles. The fraction of sp³-hybridized carbons (Fsp3) is 0.500. The van der Waals surface area contributed by atoms with E-state index in [9.17, 15) is 4.79 Å². The highest BCUT2D eigenvalue weighted by Gasteiger charge is 2.17. The van der Waals surface area contributed by atoms with E-state index in [1.165, 1.54) is 5.56 Å². The molecule has 1 aliphatic heterocycles. The normalized spacial score (nSPS) is 18.1. The molecule has 1 aliphatic rings. The van der Waals surface area contributed by atoms with Crippen LogP contribution < -0.4 is 21.7 Å². The van der Waals surface area contributed by atoms with Crippen molar-refractivity contribution in [3.05, 3.63) is 42.1 Å². The van der Waals surface area contributed by atoms with Gasteiger partial charge in [0.25, 0.3) is 0 Å². The van der Waals surface area contributed by atoms with E-state index < -0.39 is 6.04 Å². The lowest BCUT2D eigenvalue weighted by Crippen LogP contribution is -2.44. The molecule has 23 heavy (non-hydrogen) atoms. The number of carbonyl (C=O) groups excluding carboxylic acids is 1. The van der Waals surface area contributed by atoms with E-state index in [1.54, 1.807) is 0 Å². The molecule has 0 radical (unpaired) electrons. The molecular weight excluding hydrogens is 288 g/mol. The molecule has 2 rings (SSSR count). The Morgan fingerprint density at radius 2 is 2.00 bits per heavy atom. The fourth-order valence-electron chi connectivity index (χ4n) is 2.50. The summed E-state index contributed by atoms with van der Waals surface area (Å²) < 4.78 is 0. The van der Waals surface area contributed by atoms with Crippen LogP contribution in [0.15, 0.2) is 36.5 Å². The first-order valence-corrected chi connectivity index (χ1v) is 8.39. The van der Waals surface area contributed by atoms with Crippen LogP contribution in [0.4, 0.5) is 0 Å². The summed E-state index contributed by atoms with van der Waals surface area (Å²) >= 11 is 0. The van der Waals surface area contributed by atoms with Crippen molar-refractivity contribution in [2.75, 3.05) is 6.54 Å². The maximum Gasteiger partial charge on any atom is 0.237 e. The zero-order chi connectivity index (χ0) is 16.7. The highest BCUT2D eigenvalue weighted by atomic mass is 16.2. The van der Waals surface area contributed by atoms with Gasteiger partial charge in [-0.05, 0) is 30.7 Å². The average molecular weight is 316 g/mol. The molecule has 0 fully saturated rings. The largest absolute Gasteiger partial charge is 0.370 e. The Hall–Kier alpha value is -2.01. The Kier molecular flexibility index (Phi) is 6.47. The second-order valence-electron chi connectivity index (χ2n) is 6.34. The third-order valence-electron chi connectivity index (χ3n) is 4.08. The van der Waals surface area contributed by atoms with E-state index in [0.717, 1.165) is 25.0 Å². The lowest BCUT2D eigenvalue weighted by Gasteiger charge is -2.16. The molecule has 126 valence electrons. The minimum atomic E-state index is -0.411. The molecule has 1 aromatic carbocycles. The summed E-state index contributed by atoms with van der Waals surface area (Å²) in [6.45, 7) is 4.60. The lowest BCUT2D eigenvalue weighted by molar-refractivity contribution is -0.123. The summed E-state index contributed by atoms with van der Waals surface area (Å²) in [5, 5.41) is 9.75. The van der Waals surface area contributed by atoms with E-state index in [0.29, 0.717) is 6.54 Å². The molecule has 0 bridgehead atoms. The first-order chi connectivity index (χ1) is 11.1. The van der Waals surface area contributed by atoms with Crippen molar-refractivity contribution in [1.29, 1.82) is 0 Å². The smallest absolute Gasteiger partial charge is 0.237 e. The van der Waals surface area contributed by atoms with Crippen molar-refractivity contribution in [3.8, 4) is 0 Å². The van der Waals surface area contributed by atoms with E-state index >= 15 is 0 Å². The zero-order valence-electron chi connectivity index (χ0n) is 14.0. The van der Waals surface area contributed by atoms with Gasteiger partial charge in [0.15, 0.2) is 0 Å². The fourth-order valence-corrected chi connectivity index (χ4v) is 2.50. The minimum absolute atomic E-state index is 0.0508. The van der Waals surface area contributed by atoms with Crippen molar-refractivity contribution in [2.45, 2.75) is 45.3 Å². The Labute approximate surface area is 138 Å². The maximum absolute atomic E-state index is 11.7. The molecule has 1 amide bonds. The van der Waals surface area contributed by atoms with Crippen LogP contribution in [-0.2, 0) is 4.79 Å². The highest BCUT2D eigenvalue weighted by molar-refractivity contribution is 5.81. The molecule has 0 aliphatic carbocycles. The molecule has 1 heterocycles. The van der Waals surface area contributed by atoms with Gasteiger partial charge in [-0.15, -0.1) is 0 Å². The first-order valence-electron chi connectivity index (χ1n) is 8.39. The van der Waals surface area contributed by atoms with Crippen LogP contribution in [0.3, 0.4) is 0 Å². The number of hydrogen-bond acceptors (Lipinski definition) is 4. The van der Waals surface area contributed by atoms with E-state index in [2.05, 4.69) is 28.1 Å². The van der Waals surface area contributed by atoms with Gasteiger partial charge in [-0.1, -0.05) is 44.2 Å². The predicted molar refractivity (Wildman–Crippen MR) is 94.2 cm³/mol. The van der Waals surface area contributed by atoms with Gasteiger partial charge in [0.1, 0.15) is 0 Å². The predicted octanol–water partition coefficient (Wildman–Crippen LogP) is 1.77. The Balaban J connectivity index is 1.59. The second-order valence-corrected chi connectivity index (χ2v) is 6.34. The Morgan fingerprint density at radius 3 is 2.70 bits per heavy atom. The molecule has 5 nitrogen and oxygen atoms in total. The summed E-state index contributed by atoms with van der Waals surface area (Å²) in [6.07, 6.45) is 5.30. The molecular formula is C18H28N4O. The summed E-state index contributed by atoms with van der Waals surface area (Å²) in [5.41, 5.74) is 8.13. The van der Waals surface area contributed by atoms with E-state index in [-0.39, 0.29) is 18.0 Å². The van der Waals surface area contributed by atoms with Crippen molar-refractivity contribution in [3.63, 3.8) is 0 Å². The second kappa shape index (κ2) is 8.58. The minimum Gasteiger partial charge on any atom is -0.370 e. The van der Waals surface area contributed by atoms with Gasteiger partial charge < -0.3 is 21.7 Å². The number of hydrogen-bond donors (Lipinski definition) is 4. The molecule has 0 aromatic heterocycles. The van der Waals surface area contributed by atoms with Crippen LogP contribution in [-0.4, -0.2) is 24.7 Å². The molecule has 5 heteroatoms. The van der Waals surface area contributed by atoms with Crippen molar-refractivity contribution >= 4 is 11.6 Å². The highest BCUT2D eigenvalue weighted by Crippen LogP contribution is 2.16. The SMILES string of the molecule is CC(C)[C@H](N)C(=O)NCCCCC1NC=C(c2ccccc2)N1. The number of benzene rings is 1. The van der Waals surface area contributed by atoms with Crippen molar-refractivity contribution < 1.29 is 4.79 Å². The Morgan fingerprint density at radius 1 is 1.26 bits per heavy atom. The van der Waals surface area contributed by atoms with Crippen LogP contribution in [0, 0.1) is 5.92 Å². The van der Waals surface area contributed by atoms with Crippen LogP contribution in [0.2, 0.25) is 0 Å². The molecule has 0 spiro atoms. The van der Waals surface area contributed by atoms with Gasteiger partial charge in [0.2, 0.25) is 5.91 Å². The molecule has 2 atom stereocenters. The number of carbonyl (C=O) groups is 1. The molecule has 1 aromatic rings. The third-order valence-corrected chi connectivity index (χ3v) is 4.08. The average Bonchev–Trinajstić information content (AvgIpc) is 3.03. The van der Waals surface area contributed by atoms with Gasteiger partial charge in [0, 0.05) is 12.7 Å². The summed E-state index contributed by atoms with van der Waals surface area (Å²) in [5.74, 6) is 0.120. The van der Waals surface area contributed by atoms with Gasteiger partial charge in [0.05, 0.1) is 17.9 Å². The first kappa shape index (κ1) is 17.3. The topological polar surface area (TPSA) is 79.2 Å². The number of nitrogens with two attached hydrogens (primary N) is 1. The van der Waals surface area contributed by atoms with Crippen molar-refractivity contribution in [2.24, 2.45) is 11.7 Å². The quantitative estimate of drug-likeness (QED) is 0.551.